The topological polar surface area (TPSA) is 33.1 Å². The van der Waals surface area contributed by atoms with Crippen LogP contribution in [0.25, 0.3) is 0 Å². The number of aromatic nitrogens is 1. The number of halogens is 2. The zero-order chi connectivity index (χ0) is 7.56. The zero-order valence-corrected chi connectivity index (χ0v) is 8.76. The van der Waals surface area contributed by atoms with Crippen LogP contribution in [0.4, 0.5) is 0 Å². The van der Waals surface area contributed by atoms with Crippen LogP contribution in [0.2, 0.25) is 0 Å². The molecule has 0 atom stereocenters. The van der Waals surface area contributed by atoms with Gasteiger partial charge in [-0.3, -0.25) is 0 Å². The molecule has 1 aromatic heterocycles. The molecule has 4 heteroatoms. The lowest BCUT2D eigenvalue weighted by atomic mass is 10.3. The van der Waals surface area contributed by atoms with Crippen LogP contribution in [0.1, 0.15) is 5.56 Å². The lowest BCUT2D eigenvalue weighted by molar-refractivity contribution is 0.280. The van der Waals surface area contributed by atoms with E-state index < -0.39 is 0 Å². The molecule has 2 nitrogen and oxygen atoms in total. The minimum atomic E-state index is 0.0541. The smallest absolute Gasteiger partial charge is 0.108 e. The summed E-state index contributed by atoms with van der Waals surface area (Å²) in [6, 6.07) is 3.66. The van der Waals surface area contributed by atoms with Crippen molar-refractivity contribution in [2.45, 2.75) is 6.61 Å². The monoisotopic (exact) mass is 313 g/mol. The zero-order valence-electron chi connectivity index (χ0n) is 5.01. The number of rotatable bonds is 1. The summed E-state index contributed by atoms with van der Waals surface area (Å²) >= 11 is 5.31. The van der Waals surface area contributed by atoms with Crippen molar-refractivity contribution in [2.75, 3.05) is 0 Å². The van der Waals surface area contributed by atoms with E-state index in [4.69, 9.17) is 5.11 Å². The fraction of sp³-hybridized carbons (Fsp3) is 0.167. The molecule has 0 spiro atoms. The molecular weight excluding hydrogens is 309 g/mol. The number of pyridine rings is 1. The van der Waals surface area contributed by atoms with Crippen LogP contribution >= 0.6 is 38.5 Å². The molecule has 0 amide bonds. The van der Waals surface area contributed by atoms with Gasteiger partial charge >= 0.3 is 0 Å². The van der Waals surface area contributed by atoms with Crippen LogP contribution in [-0.2, 0) is 6.61 Å². The summed E-state index contributed by atoms with van der Waals surface area (Å²) in [5.74, 6) is 0. The van der Waals surface area contributed by atoms with Gasteiger partial charge in [-0.2, -0.15) is 0 Å². The predicted molar refractivity (Wildman–Crippen MR) is 50.6 cm³/mol. The second-order valence-corrected chi connectivity index (χ2v) is 3.58. The van der Waals surface area contributed by atoms with Crippen LogP contribution in [0.15, 0.2) is 16.7 Å². The maximum atomic E-state index is 8.75. The van der Waals surface area contributed by atoms with Gasteiger partial charge in [0.25, 0.3) is 0 Å². The first-order chi connectivity index (χ1) is 4.74. The molecule has 0 radical (unpaired) electrons. The van der Waals surface area contributed by atoms with Crippen molar-refractivity contribution in [1.29, 1.82) is 0 Å². The highest BCUT2D eigenvalue weighted by Gasteiger charge is 1.98. The van der Waals surface area contributed by atoms with Crippen molar-refractivity contribution in [3.05, 3.63) is 26.0 Å². The van der Waals surface area contributed by atoms with E-state index in [0.717, 1.165) is 13.9 Å². The number of hydrogen-bond acceptors (Lipinski definition) is 2. The standard InChI is InChI=1S/C6H5BrINO/c7-5-2-1-4(3-10)6(8)9-5/h1-2,10H,3H2. The average molecular weight is 314 g/mol. The summed E-state index contributed by atoms with van der Waals surface area (Å²) in [6.07, 6.45) is 0. The van der Waals surface area contributed by atoms with E-state index in [2.05, 4.69) is 43.5 Å². The van der Waals surface area contributed by atoms with E-state index >= 15 is 0 Å². The highest BCUT2D eigenvalue weighted by Crippen LogP contribution is 2.13. The molecule has 0 bridgehead atoms. The largest absolute Gasteiger partial charge is 0.392 e. The summed E-state index contributed by atoms with van der Waals surface area (Å²) in [5.41, 5.74) is 0.865. The predicted octanol–water partition coefficient (Wildman–Crippen LogP) is 1.94. The molecule has 0 aromatic carbocycles. The van der Waals surface area contributed by atoms with Gasteiger partial charge in [-0.05, 0) is 44.6 Å². The fourth-order valence-electron chi connectivity index (χ4n) is 0.559. The summed E-state index contributed by atoms with van der Waals surface area (Å²) in [6.45, 7) is 0.0541. The second kappa shape index (κ2) is 3.64. The Kier molecular flexibility index (Phi) is 3.06. The molecule has 0 aliphatic heterocycles. The SMILES string of the molecule is OCc1ccc(Br)nc1I. The molecule has 1 aromatic rings. The molecule has 54 valence electrons. The molecule has 0 aliphatic carbocycles. The van der Waals surface area contributed by atoms with Gasteiger partial charge in [0.1, 0.15) is 8.30 Å². The van der Waals surface area contributed by atoms with Crippen molar-refractivity contribution >= 4 is 38.5 Å². The average Bonchev–Trinajstić information content (AvgIpc) is 1.88. The van der Waals surface area contributed by atoms with Gasteiger partial charge in [-0.25, -0.2) is 4.98 Å². The molecule has 0 saturated heterocycles. The molecule has 1 heterocycles. The Morgan fingerprint density at radius 3 is 2.80 bits per heavy atom. The van der Waals surface area contributed by atoms with Crippen molar-refractivity contribution in [2.24, 2.45) is 0 Å². The van der Waals surface area contributed by atoms with Crippen LogP contribution in [-0.4, -0.2) is 10.1 Å². The number of aliphatic hydroxyl groups excluding tert-OH is 1. The van der Waals surface area contributed by atoms with Crippen molar-refractivity contribution < 1.29 is 5.11 Å². The Bertz CT molecular complexity index is 241. The molecule has 0 aliphatic rings. The third-order valence-electron chi connectivity index (χ3n) is 1.06. The first-order valence-electron chi connectivity index (χ1n) is 2.66. The second-order valence-electron chi connectivity index (χ2n) is 1.74. The number of nitrogens with zero attached hydrogens (tertiary/aromatic N) is 1. The summed E-state index contributed by atoms with van der Waals surface area (Å²) < 4.78 is 1.64. The Morgan fingerprint density at radius 1 is 1.60 bits per heavy atom. The van der Waals surface area contributed by atoms with Gasteiger partial charge in [-0.15, -0.1) is 0 Å². The molecule has 0 saturated carbocycles. The van der Waals surface area contributed by atoms with Gasteiger partial charge in [0, 0.05) is 5.56 Å². The van der Waals surface area contributed by atoms with Crippen LogP contribution in [0, 0.1) is 3.70 Å². The molecule has 10 heavy (non-hydrogen) atoms. The number of aliphatic hydroxyl groups is 1. The minimum Gasteiger partial charge on any atom is -0.392 e. The summed E-state index contributed by atoms with van der Waals surface area (Å²) in [5, 5.41) is 8.75. The first kappa shape index (κ1) is 8.42. The van der Waals surface area contributed by atoms with E-state index in [-0.39, 0.29) is 6.61 Å². The maximum absolute atomic E-state index is 8.75. The van der Waals surface area contributed by atoms with E-state index in [0.29, 0.717) is 0 Å². The van der Waals surface area contributed by atoms with E-state index in [9.17, 15) is 0 Å². The lowest BCUT2D eigenvalue weighted by Gasteiger charge is -1.98. The summed E-state index contributed by atoms with van der Waals surface area (Å²) in [4.78, 5) is 4.09. The lowest BCUT2D eigenvalue weighted by Crippen LogP contribution is -1.91. The Balaban J connectivity index is 3.07. The third kappa shape index (κ3) is 1.90. The summed E-state index contributed by atoms with van der Waals surface area (Å²) in [7, 11) is 0. The van der Waals surface area contributed by atoms with E-state index in [1.165, 1.54) is 0 Å². The quantitative estimate of drug-likeness (QED) is 0.635. The first-order valence-corrected chi connectivity index (χ1v) is 4.53. The van der Waals surface area contributed by atoms with Crippen LogP contribution < -0.4 is 0 Å². The van der Waals surface area contributed by atoms with Gasteiger partial charge in [-0.1, -0.05) is 6.07 Å². The van der Waals surface area contributed by atoms with E-state index in [1.54, 1.807) is 0 Å². The highest BCUT2D eigenvalue weighted by molar-refractivity contribution is 14.1. The van der Waals surface area contributed by atoms with Gasteiger partial charge in [0.2, 0.25) is 0 Å². The van der Waals surface area contributed by atoms with Crippen LogP contribution in [0.3, 0.4) is 0 Å². The fourth-order valence-corrected chi connectivity index (χ4v) is 1.81. The van der Waals surface area contributed by atoms with Crippen molar-refractivity contribution in [3.8, 4) is 0 Å². The molecular formula is C6H5BrINO. The Hall–Kier alpha value is 0.320. The molecule has 1 rings (SSSR count). The maximum Gasteiger partial charge on any atom is 0.108 e. The molecule has 1 N–H and O–H groups in total. The Morgan fingerprint density at radius 2 is 2.30 bits per heavy atom. The number of hydrogen-bond donors (Lipinski definition) is 1. The van der Waals surface area contributed by atoms with Gasteiger partial charge < -0.3 is 5.11 Å². The van der Waals surface area contributed by atoms with Crippen LogP contribution in [0.5, 0.6) is 0 Å². The van der Waals surface area contributed by atoms with Crippen molar-refractivity contribution in [3.63, 3.8) is 0 Å². The van der Waals surface area contributed by atoms with Gasteiger partial charge in [0.05, 0.1) is 6.61 Å². The normalized spacial score (nSPS) is 9.90. The third-order valence-corrected chi connectivity index (χ3v) is 2.44. The van der Waals surface area contributed by atoms with Gasteiger partial charge in [0.15, 0.2) is 0 Å². The van der Waals surface area contributed by atoms with E-state index in [1.807, 2.05) is 12.1 Å². The van der Waals surface area contributed by atoms with Crippen molar-refractivity contribution in [1.82, 2.24) is 4.98 Å². The minimum absolute atomic E-state index is 0.0541. The molecule has 0 fully saturated rings. The molecule has 0 unspecified atom stereocenters. The Labute approximate surface area is 80.9 Å². The highest BCUT2D eigenvalue weighted by atomic mass is 127.